The minimum absolute atomic E-state index is 0.616. The van der Waals surface area contributed by atoms with Crippen LogP contribution in [0, 0.1) is 0 Å². The van der Waals surface area contributed by atoms with E-state index in [0.717, 1.165) is 12.6 Å². The van der Waals surface area contributed by atoms with Crippen molar-refractivity contribution in [1.29, 1.82) is 0 Å². The molecule has 0 spiro atoms. The van der Waals surface area contributed by atoms with Crippen LogP contribution in [0.1, 0.15) is 19.3 Å². The zero-order valence-corrected chi connectivity index (χ0v) is 8.94. The highest BCUT2D eigenvalue weighted by Crippen LogP contribution is 2.27. The molecule has 0 aliphatic heterocycles. The number of nitrogens with zero attached hydrogens (tertiary/aromatic N) is 1. The average Bonchev–Trinajstić information content (AvgIpc) is 2.88. The first-order valence-corrected chi connectivity index (χ1v) is 6.10. The smallest absolute Gasteiger partial charge is 0.0226 e. The highest BCUT2D eigenvalue weighted by molar-refractivity contribution is 7.98. The number of rotatable bonds is 6. The molecule has 0 radical (unpaired) electrons. The molecule has 1 fully saturated rings. The molecule has 1 rings (SSSR count). The largest absolute Gasteiger partial charge is 0.329 e. The fourth-order valence-electron chi connectivity index (χ4n) is 1.52. The molecule has 0 aromatic heterocycles. The van der Waals surface area contributed by atoms with Crippen molar-refractivity contribution in [3.8, 4) is 0 Å². The molecule has 1 aliphatic rings. The summed E-state index contributed by atoms with van der Waals surface area (Å²) in [7, 11) is 2.22. The molecule has 0 amide bonds. The number of hydrogen-bond acceptors (Lipinski definition) is 3. The second-order valence-electron chi connectivity index (χ2n) is 3.57. The molecule has 1 atom stereocenters. The first-order chi connectivity index (χ1) is 5.79. The fraction of sp³-hybridized carbons (Fsp3) is 1.00. The van der Waals surface area contributed by atoms with E-state index >= 15 is 0 Å². The van der Waals surface area contributed by atoms with E-state index in [4.69, 9.17) is 5.73 Å². The SMILES string of the molecule is CSCCC(CN)N(C)C1CC1. The Labute approximate surface area is 79.9 Å². The van der Waals surface area contributed by atoms with Crippen molar-refractivity contribution in [2.75, 3.05) is 25.6 Å². The summed E-state index contributed by atoms with van der Waals surface area (Å²) in [4.78, 5) is 2.47. The topological polar surface area (TPSA) is 29.3 Å². The molecule has 0 saturated heterocycles. The molecule has 12 heavy (non-hydrogen) atoms. The van der Waals surface area contributed by atoms with Gasteiger partial charge in [0.1, 0.15) is 0 Å². The van der Waals surface area contributed by atoms with Crippen LogP contribution in [0.3, 0.4) is 0 Å². The van der Waals surface area contributed by atoms with Gasteiger partial charge in [0.25, 0.3) is 0 Å². The van der Waals surface area contributed by atoms with Gasteiger partial charge in [0.15, 0.2) is 0 Å². The Kier molecular flexibility index (Phi) is 4.40. The average molecular weight is 188 g/mol. The summed E-state index contributed by atoms with van der Waals surface area (Å²) in [5.74, 6) is 1.24. The zero-order chi connectivity index (χ0) is 8.97. The van der Waals surface area contributed by atoms with Crippen LogP contribution in [0.2, 0.25) is 0 Å². The second kappa shape index (κ2) is 5.10. The van der Waals surface area contributed by atoms with Crippen LogP contribution >= 0.6 is 11.8 Å². The van der Waals surface area contributed by atoms with Crippen molar-refractivity contribution in [3.05, 3.63) is 0 Å². The molecule has 2 N–H and O–H groups in total. The van der Waals surface area contributed by atoms with Crippen molar-refractivity contribution in [1.82, 2.24) is 4.90 Å². The predicted molar refractivity (Wildman–Crippen MR) is 56.6 cm³/mol. The Balaban J connectivity index is 2.22. The van der Waals surface area contributed by atoms with E-state index in [-0.39, 0.29) is 0 Å². The highest BCUT2D eigenvalue weighted by Gasteiger charge is 2.29. The van der Waals surface area contributed by atoms with Gasteiger partial charge >= 0.3 is 0 Å². The molecule has 0 aromatic rings. The molecule has 0 heterocycles. The summed E-state index contributed by atoms with van der Waals surface area (Å²) in [5, 5.41) is 0. The van der Waals surface area contributed by atoms with Crippen LogP contribution in [-0.4, -0.2) is 42.6 Å². The van der Waals surface area contributed by atoms with Crippen LogP contribution in [-0.2, 0) is 0 Å². The molecule has 0 bridgehead atoms. The third kappa shape index (κ3) is 2.96. The lowest BCUT2D eigenvalue weighted by Crippen LogP contribution is -2.39. The molecule has 3 heteroatoms. The summed E-state index contributed by atoms with van der Waals surface area (Å²) in [6, 6.07) is 1.46. The van der Waals surface area contributed by atoms with Gasteiger partial charge in [-0.25, -0.2) is 0 Å². The number of thioether (sulfide) groups is 1. The maximum Gasteiger partial charge on any atom is 0.0226 e. The van der Waals surface area contributed by atoms with Gasteiger partial charge in [-0.15, -0.1) is 0 Å². The van der Waals surface area contributed by atoms with Gasteiger partial charge in [-0.05, 0) is 38.3 Å². The lowest BCUT2D eigenvalue weighted by molar-refractivity contribution is 0.232. The third-order valence-corrected chi connectivity index (χ3v) is 3.27. The summed E-state index contributed by atoms with van der Waals surface area (Å²) in [6.45, 7) is 0.813. The van der Waals surface area contributed by atoms with Crippen molar-refractivity contribution >= 4 is 11.8 Å². The Hall–Kier alpha value is 0.270. The molecule has 1 aliphatic carbocycles. The van der Waals surface area contributed by atoms with Crippen molar-refractivity contribution in [3.63, 3.8) is 0 Å². The van der Waals surface area contributed by atoms with Gasteiger partial charge in [-0.1, -0.05) is 0 Å². The highest BCUT2D eigenvalue weighted by atomic mass is 32.2. The van der Waals surface area contributed by atoms with Crippen molar-refractivity contribution < 1.29 is 0 Å². The van der Waals surface area contributed by atoms with Crippen LogP contribution in [0.5, 0.6) is 0 Å². The van der Waals surface area contributed by atoms with Gasteiger partial charge in [0.05, 0.1) is 0 Å². The molecule has 2 nitrogen and oxygen atoms in total. The molecular formula is C9H20N2S. The van der Waals surface area contributed by atoms with Crippen molar-refractivity contribution in [2.24, 2.45) is 5.73 Å². The maximum atomic E-state index is 5.73. The van der Waals surface area contributed by atoms with Gasteiger partial charge in [-0.3, -0.25) is 4.90 Å². The summed E-state index contributed by atoms with van der Waals surface area (Å²) in [6.07, 6.45) is 6.16. The van der Waals surface area contributed by atoms with Crippen LogP contribution in [0.4, 0.5) is 0 Å². The standard InChI is InChI=1S/C9H20N2S/c1-11(8-3-4-8)9(7-10)5-6-12-2/h8-9H,3-7,10H2,1-2H3. The van der Waals surface area contributed by atoms with E-state index in [1.54, 1.807) is 0 Å². The third-order valence-electron chi connectivity index (χ3n) is 2.63. The number of nitrogens with two attached hydrogens (primary N) is 1. The Morgan fingerprint density at radius 3 is 2.67 bits per heavy atom. The zero-order valence-electron chi connectivity index (χ0n) is 8.12. The number of likely N-dealkylation sites (N-methyl/N-ethyl adjacent to an activating group) is 1. The molecule has 1 saturated carbocycles. The van der Waals surface area contributed by atoms with Gasteiger partial charge < -0.3 is 5.73 Å². The van der Waals surface area contributed by atoms with Crippen LogP contribution in [0.25, 0.3) is 0 Å². The Bertz CT molecular complexity index is 126. The van der Waals surface area contributed by atoms with Crippen LogP contribution in [0.15, 0.2) is 0 Å². The molecule has 1 unspecified atom stereocenters. The lowest BCUT2D eigenvalue weighted by atomic mass is 10.2. The summed E-state index contributed by atoms with van der Waals surface area (Å²) < 4.78 is 0. The summed E-state index contributed by atoms with van der Waals surface area (Å²) in [5.41, 5.74) is 5.73. The first-order valence-electron chi connectivity index (χ1n) is 4.70. The van der Waals surface area contributed by atoms with Crippen molar-refractivity contribution in [2.45, 2.75) is 31.3 Å². The predicted octanol–water partition coefficient (Wildman–Crippen LogP) is 1.16. The lowest BCUT2D eigenvalue weighted by Gasteiger charge is -2.26. The summed E-state index contributed by atoms with van der Waals surface area (Å²) >= 11 is 1.91. The molecule has 72 valence electrons. The van der Waals surface area contributed by atoms with Gasteiger partial charge in [0, 0.05) is 18.6 Å². The minimum atomic E-state index is 0.616. The monoisotopic (exact) mass is 188 g/mol. The molecule has 0 aromatic carbocycles. The minimum Gasteiger partial charge on any atom is -0.329 e. The van der Waals surface area contributed by atoms with Gasteiger partial charge in [0.2, 0.25) is 0 Å². The second-order valence-corrected chi connectivity index (χ2v) is 4.55. The van der Waals surface area contributed by atoms with Gasteiger partial charge in [-0.2, -0.15) is 11.8 Å². The Morgan fingerprint density at radius 2 is 2.25 bits per heavy atom. The fourth-order valence-corrected chi connectivity index (χ4v) is 2.03. The molecular weight excluding hydrogens is 168 g/mol. The van der Waals surface area contributed by atoms with Crippen LogP contribution < -0.4 is 5.73 Å². The van der Waals surface area contributed by atoms with E-state index in [0.29, 0.717) is 6.04 Å². The number of hydrogen-bond donors (Lipinski definition) is 1. The maximum absolute atomic E-state index is 5.73. The first kappa shape index (κ1) is 10.4. The van der Waals surface area contributed by atoms with E-state index in [9.17, 15) is 0 Å². The van der Waals surface area contributed by atoms with E-state index < -0.39 is 0 Å². The van der Waals surface area contributed by atoms with E-state index in [2.05, 4.69) is 18.2 Å². The normalized spacial score (nSPS) is 20.0. The quantitative estimate of drug-likeness (QED) is 0.678. The van der Waals surface area contributed by atoms with E-state index in [1.165, 1.54) is 25.0 Å². The van der Waals surface area contributed by atoms with E-state index in [1.807, 2.05) is 11.8 Å². The Morgan fingerprint density at radius 1 is 1.58 bits per heavy atom.